The maximum absolute atomic E-state index is 11.6. The van der Waals surface area contributed by atoms with Gasteiger partial charge in [-0.05, 0) is 12.1 Å². The standard InChI is InChI=1S/C11H14N2O3S/c1-13-8-5-4-6-9(17(3,14)15)11(8)12-10(13)7-16-2/h4-6H,7H2,1-3H3. The zero-order valence-electron chi connectivity index (χ0n) is 9.97. The molecule has 1 heterocycles. The predicted octanol–water partition coefficient (Wildman–Crippen LogP) is 1.12. The summed E-state index contributed by atoms with van der Waals surface area (Å²) in [4.78, 5) is 4.58. The van der Waals surface area contributed by atoms with Crippen LogP contribution in [0, 0.1) is 0 Å². The number of fused-ring (bicyclic) bond motifs is 1. The first-order valence-corrected chi connectivity index (χ1v) is 6.97. The molecule has 0 amide bonds. The van der Waals surface area contributed by atoms with Crippen molar-refractivity contribution in [2.45, 2.75) is 11.5 Å². The van der Waals surface area contributed by atoms with Crippen molar-refractivity contribution >= 4 is 20.9 Å². The number of aryl methyl sites for hydroxylation is 1. The number of benzene rings is 1. The monoisotopic (exact) mass is 254 g/mol. The highest BCUT2D eigenvalue weighted by molar-refractivity contribution is 7.91. The summed E-state index contributed by atoms with van der Waals surface area (Å²) in [6.07, 6.45) is 1.19. The van der Waals surface area contributed by atoms with E-state index in [1.807, 2.05) is 17.7 Å². The molecule has 0 aliphatic carbocycles. The minimum absolute atomic E-state index is 0.257. The van der Waals surface area contributed by atoms with Crippen LogP contribution in [0.1, 0.15) is 5.82 Å². The highest BCUT2D eigenvalue weighted by Gasteiger charge is 2.16. The van der Waals surface area contributed by atoms with Gasteiger partial charge in [-0.3, -0.25) is 0 Å². The Kier molecular flexibility index (Phi) is 2.92. The van der Waals surface area contributed by atoms with Gasteiger partial charge in [-0.1, -0.05) is 6.07 Å². The van der Waals surface area contributed by atoms with Crippen LogP contribution >= 0.6 is 0 Å². The van der Waals surface area contributed by atoms with E-state index in [0.717, 1.165) is 5.52 Å². The minimum Gasteiger partial charge on any atom is -0.377 e. The second-order valence-corrected chi connectivity index (χ2v) is 5.90. The van der Waals surface area contributed by atoms with Crippen molar-refractivity contribution in [2.75, 3.05) is 13.4 Å². The normalized spacial score (nSPS) is 12.2. The summed E-state index contributed by atoms with van der Waals surface area (Å²) in [7, 11) is 0.159. The fourth-order valence-corrected chi connectivity index (χ4v) is 2.62. The van der Waals surface area contributed by atoms with Crippen LogP contribution in [0.3, 0.4) is 0 Å². The second kappa shape index (κ2) is 4.12. The molecule has 0 bridgehead atoms. The number of rotatable bonds is 3. The van der Waals surface area contributed by atoms with Gasteiger partial charge in [0.2, 0.25) is 0 Å². The first-order valence-electron chi connectivity index (χ1n) is 5.08. The lowest BCUT2D eigenvalue weighted by molar-refractivity contribution is 0.176. The average Bonchev–Trinajstić information content (AvgIpc) is 2.55. The minimum atomic E-state index is -3.26. The molecule has 2 rings (SSSR count). The van der Waals surface area contributed by atoms with E-state index in [2.05, 4.69) is 4.98 Å². The van der Waals surface area contributed by atoms with Crippen molar-refractivity contribution in [2.24, 2.45) is 7.05 Å². The summed E-state index contributed by atoms with van der Waals surface area (Å²) in [5.41, 5.74) is 1.30. The topological polar surface area (TPSA) is 61.2 Å². The van der Waals surface area contributed by atoms with E-state index in [4.69, 9.17) is 4.74 Å². The Morgan fingerprint density at radius 3 is 2.71 bits per heavy atom. The number of hydrogen-bond donors (Lipinski definition) is 0. The molecule has 0 fully saturated rings. The van der Waals surface area contributed by atoms with Gasteiger partial charge in [-0.2, -0.15) is 0 Å². The van der Waals surface area contributed by atoms with Crippen LogP contribution in [0.2, 0.25) is 0 Å². The van der Waals surface area contributed by atoms with Crippen LogP contribution in [0.4, 0.5) is 0 Å². The number of imidazole rings is 1. The SMILES string of the molecule is COCc1nc2c(S(C)(=O)=O)cccc2n1C. The van der Waals surface area contributed by atoms with E-state index in [9.17, 15) is 8.42 Å². The first-order chi connectivity index (χ1) is 7.95. The van der Waals surface area contributed by atoms with Crippen LogP contribution in [0.15, 0.2) is 23.1 Å². The summed E-state index contributed by atoms with van der Waals surface area (Å²) in [6.45, 7) is 0.356. The number of para-hydroxylation sites is 1. The zero-order chi connectivity index (χ0) is 12.6. The lowest BCUT2D eigenvalue weighted by Gasteiger charge is -2.00. The van der Waals surface area contributed by atoms with E-state index in [1.165, 1.54) is 6.26 Å². The Balaban J connectivity index is 2.78. The molecule has 1 aromatic heterocycles. The lowest BCUT2D eigenvalue weighted by atomic mass is 10.3. The molecular weight excluding hydrogens is 240 g/mol. The Bertz CT molecular complexity index is 659. The first kappa shape index (κ1) is 12.1. The second-order valence-electron chi connectivity index (χ2n) is 3.92. The van der Waals surface area contributed by atoms with Crippen molar-refractivity contribution in [3.63, 3.8) is 0 Å². The summed E-state index contributed by atoms with van der Waals surface area (Å²) >= 11 is 0. The van der Waals surface area contributed by atoms with Crippen LogP contribution in [-0.4, -0.2) is 31.3 Å². The van der Waals surface area contributed by atoms with Crippen LogP contribution in [0.5, 0.6) is 0 Å². The van der Waals surface area contributed by atoms with Gasteiger partial charge in [0.15, 0.2) is 9.84 Å². The molecule has 92 valence electrons. The number of nitrogens with zero attached hydrogens (tertiary/aromatic N) is 2. The summed E-state index contributed by atoms with van der Waals surface area (Å²) < 4.78 is 30.2. The fourth-order valence-electron chi connectivity index (χ4n) is 1.79. The molecule has 0 radical (unpaired) electrons. The van der Waals surface area contributed by atoms with Gasteiger partial charge in [0, 0.05) is 20.4 Å². The van der Waals surface area contributed by atoms with E-state index < -0.39 is 9.84 Å². The third-order valence-corrected chi connectivity index (χ3v) is 3.77. The Morgan fingerprint density at radius 2 is 2.12 bits per heavy atom. The molecule has 5 nitrogen and oxygen atoms in total. The van der Waals surface area contributed by atoms with Gasteiger partial charge in [0.1, 0.15) is 17.9 Å². The highest BCUT2D eigenvalue weighted by Crippen LogP contribution is 2.23. The van der Waals surface area contributed by atoms with Crippen molar-refractivity contribution in [1.29, 1.82) is 0 Å². The number of aromatic nitrogens is 2. The van der Waals surface area contributed by atoms with Gasteiger partial charge in [-0.15, -0.1) is 0 Å². The summed E-state index contributed by atoms with van der Waals surface area (Å²) in [5.74, 6) is 0.707. The Labute approximate surface area is 100.0 Å². The van der Waals surface area contributed by atoms with Crippen molar-refractivity contribution in [3.05, 3.63) is 24.0 Å². The third kappa shape index (κ3) is 2.05. The highest BCUT2D eigenvalue weighted by atomic mass is 32.2. The predicted molar refractivity (Wildman–Crippen MR) is 64.5 cm³/mol. The van der Waals surface area contributed by atoms with Crippen molar-refractivity contribution in [1.82, 2.24) is 9.55 Å². The molecule has 2 aromatic rings. The average molecular weight is 254 g/mol. The Morgan fingerprint density at radius 1 is 1.41 bits per heavy atom. The van der Waals surface area contributed by atoms with E-state index in [1.54, 1.807) is 19.2 Å². The molecule has 0 spiro atoms. The van der Waals surface area contributed by atoms with Gasteiger partial charge in [0.05, 0.1) is 10.4 Å². The smallest absolute Gasteiger partial charge is 0.177 e. The zero-order valence-corrected chi connectivity index (χ0v) is 10.8. The van der Waals surface area contributed by atoms with Crippen molar-refractivity contribution < 1.29 is 13.2 Å². The third-order valence-electron chi connectivity index (χ3n) is 2.64. The maximum Gasteiger partial charge on any atom is 0.177 e. The number of methoxy groups -OCH3 is 1. The fraction of sp³-hybridized carbons (Fsp3) is 0.364. The van der Waals surface area contributed by atoms with Gasteiger partial charge in [-0.25, -0.2) is 13.4 Å². The molecule has 0 aliphatic rings. The van der Waals surface area contributed by atoms with Crippen LogP contribution < -0.4 is 0 Å². The van der Waals surface area contributed by atoms with Crippen molar-refractivity contribution in [3.8, 4) is 0 Å². The largest absolute Gasteiger partial charge is 0.377 e. The van der Waals surface area contributed by atoms with E-state index in [-0.39, 0.29) is 4.90 Å². The van der Waals surface area contributed by atoms with Gasteiger partial charge < -0.3 is 9.30 Å². The van der Waals surface area contributed by atoms with Gasteiger partial charge >= 0.3 is 0 Å². The Hall–Kier alpha value is -1.40. The summed E-state index contributed by atoms with van der Waals surface area (Å²) in [6, 6.07) is 5.13. The molecule has 0 N–H and O–H groups in total. The molecule has 0 aliphatic heterocycles. The lowest BCUT2D eigenvalue weighted by Crippen LogP contribution is -1.98. The van der Waals surface area contributed by atoms with E-state index >= 15 is 0 Å². The molecule has 0 unspecified atom stereocenters. The van der Waals surface area contributed by atoms with E-state index in [0.29, 0.717) is 17.9 Å². The molecule has 0 saturated carbocycles. The molecular formula is C11H14N2O3S. The molecule has 17 heavy (non-hydrogen) atoms. The number of ether oxygens (including phenoxy) is 1. The molecule has 1 aromatic carbocycles. The number of sulfone groups is 1. The van der Waals surface area contributed by atoms with Crippen LogP contribution in [-0.2, 0) is 28.2 Å². The van der Waals surface area contributed by atoms with Crippen LogP contribution in [0.25, 0.3) is 11.0 Å². The maximum atomic E-state index is 11.6. The molecule has 0 saturated heterocycles. The van der Waals surface area contributed by atoms with Gasteiger partial charge in [0.25, 0.3) is 0 Å². The quantitative estimate of drug-likeness (QED) is 0.823. The number of hydrogen-bond acceptors (Lipinski definition) is 4. The molecule has 0 atom stereocenters. The summed E-state index contributed by atoms with van der Waals surface area (Å²) in [5, 5.41) is 0. The molecule has 6 heteroatoms.